The number of anilines is 1. The lowest BCUT2D eigenvalue weighted by molar-refractivity contribution is -0.120. The maximum atomic E-state index is 13.6. The molecule has 1 N–H and O–H groups in total. The molecular formula is C28H24F2N2O3S. The predicted molar refractivity (Wildman–Crippen MR) is 135 cm³/mol. The van der Waals surface area contributed by atoms with Gasteiger partial charge in [-0.05, 0) is 72.1 Å². The highest BCUT2D eigenvalue weighted by Crippen LogP contribution is 2.27. The van der Waals surface area contributed by atoms with Crippen LogP contribution in [0.2, 0.25) is 0 Å². The summed E-state index contributed by atoms with van der Waals surface area (Å²) in [4.78, 5) is 13.1. The highest BCUT2D eigenvalue weighted by molar-refractivity contribution is 7.92. The number of amides is 1. The van der Waals surface area contributed by atoms with Crippen LogP contribution >= 0.6 is 0 Å². The molecule has 0 heterocycles. The fourth-order valence-corrected chi connectivity index (χ4v) is 5.31. The first kappa shape index (κ1) is 25.1. The second-order valence-electron chi connectivity index (χ2n) is 8.21. The Kier molecular flexibility index (Phi) is 7.45. The van der Waals surface area contributed by atoms with Crippen molar-refractivity contribution in [3.05, 3.63) is 131 Å². The minimum absolute atomic E-state index is 0.100. The SMILES string of the molecule is Cc1ccccc1C(NC(=O)CN(c1ccc(F)cc1)S(=O)(=O)c1ccc(F)cc1)c1ccccc1. The number of nitrogens with zero attached hydrogens (tertiary/aromatic N) is 1. The number of aryl methyl sites for hydroxylation is 1. The van der Waals surface area contributed by atoms with Gasteiger partial charge in [-0.1, -0.05) is 54.6 Å². The molecule has 0 spiro atoms. The topological polar surface area (TPSA) is 66.5 Å². The van der Waals surface area contributed by atoms with Gasteiger partial charge in [0.1, 0.15) is 18.2 Å². The van der Waals surface area contributed by atoms with Gasteiger partial charge in [-0.25, -0.2) is 17.2 Å². The van der Waals surface area contributed by atoms with Gasteiger partial charge in [0.15, 0.2) is 0 Å². The van der Waals surface area contributed by atoms with Crippen molar-refractivity contribution in [2.24, 2.45) is 0 Å². The van der Waals surface area contributed by atoms with E-state index in [0.717, 1.165) is 57.4 Å². The van der Waals surface area contributed by atoms with Crippen molar-refractivity contribution >= 4 is 21.6 Å². The van der Waals surface area contributed by atoms with Crippen molar-refractivity contribution in [2.75, 3.05) is 10.8 Å². The molecule has 4 aromatic carbocycles. The van der Waals surface area contributed by atoms with Crippen LogP contribution in [0.15, 0.2) is 108 Å². The summed E-state index contributed by atoms with van der Waals surface area (Å²) in [5, 5.41) is 2.96. The summed E-state index contributed by atoms with van der Waals surface area (Å²) in [7, 11) is -4.27. The van der Waals surface area contributed by atoms with E-state index in [1.54, 1.807) is 0 Å². The Labute approximate surface area is 209 Å². The Bertz CT molecular complexity index is 1440. The van der Waals surface area contributed by atoms with Gasteiger partial charge < -0.3 is 5.32 Å². The van der Waals surface area contributed by atoms with E-state index >= 15 is 0 Å². The van der Waals surface area contributed by atoms with E-state index in [-0.39, 0.29) is 10.6 Å². The molecule has 0 aliphatic carbocycles. The number of benzene rings is 4. The number of nitrogens with one attached hydrogen (secondary N) is 1. The lowest BCUT2D eigenvalue weighted by Crippen LogP contribution is -2.42. The molecule has 36 heavy (non-hydrogen) atoms. The number of hydrogen-bond acceptors (Lipinski definition) is 3. The van der Waals surface area contributed by atoms with Crippen LogP contribution in [-0.2, 0) is 14.8 Å². The van der Waals surface area contributed by atoms with Crippen LogP contribution in [0, 0.1) is 18.6 Å². The van der Waals surface area contributed by atoms with Crippen molar-refractivity contribution in [2.45, 2.75) is 17.9 Å². The summed E-state index contributed by atoms with van der Waals surface area (Å²) in [5.41, 5.74) is 2.76. The smallest absolute Gasteiger partial charge is 0.264 e. The Morgan fingerprint density at radius 1 is 0.806 bits per heavy atom. The van der Waals surface area contributed by atoms with Crippen molar-refractivity contribution in [1.29, 1.82) is 0 Å². The molecule has 0 fully saturated rings. The third-order valence-corrected chi connectivity index (χ3v) is 7.53. The zero-order valence-electron chi connectivity index (χ0n) is 19.4. The van der Waals surface area contributed by atoms with Crippen LogP contribution in [0.4, 0.5) is 14.5 Å². The second-order valence-corrected chi connectivity index (χ2v) is 10.1. The molecule has 4 rings (SSSR count). The van der Waals surface area contributed by atoms with Crippen LogP contribution in [0.1, 0.15) is 22.7 Å². The minimum Gasteiger partial charge on any atom is -0.344 e. The average molecular weight is 507 g/mol. The number of sulfonamides is 1. The summed E-state index contributed by atoms with van der Waals surface area (Å²) in [5.74, 6) is -1.71. The molecule has 0 saturated heterocycles. The standard InChI is InChI=1S/C28H24F2N2O3S/c1-20-7-5-6-10-26(20)28(21-8-3-2-4-9-21)31-27(33)19-32(24-15-11-22(29)12-16-24)36(34,35)25-17-13-23(30)14-18-25/h2-18,28H,19H2,1H3,(H,31,33). The molecule has 0 aliphatic rings. The molecular weight excluding hydrogens is 482 g/mol. The van der Waals surface area contributed by atoms with Gasteiger partial charge in [0.05, 0.1) is 16.6 Å². The number of halogens is 2. The van der Waals surface area contributed by atoms with Gasteiger partial charge in [0.2, 0.25) is 5.91 Å². The fraction of sp³-hybridized carbons (Fsp3) is 0.107. The molecule has 0 aliphatic heterocycles. The van der Waals surface area contributed by atoms with Crippen LogP contribution in [0.5, 0.6) is 0 Å². The molecule has 0 bridgehead atoms. The summed E-state index contributed by atoms with van der Waals surface area (Å²) >= 11 is 0. The van der Waals surface area contributed by atoms with E-state index in [4.69, 9.17) is 0 Å². The van der Waals surface area contributed by atoms with Gasteiger partial charge in [-0.15, -0.1) is 0 Å². The van der Waals surface area contributed by atoms with Crippen molar-refractivity contribution in [1.82, 2.24) is 5.32 Å². The van der Waals surface area contributed by atoms with Gasteiger partial charge in [0, 0.05) is 0 Å². The molecule has 8 heteroatoms. The van der Waals surface area contributed by atoms with E-state index in [0.29, 0.717) is 0 Å². The molecule has 1 atom stereocenters. The van der Waals surface area contributed by atoms with E-state index in [9.17, 15) is 22.0 Å². The van der Waals surface area contributed by atoms with Crippen molar-refractivity contribution < 1.29 is 22.0 Å². The van der Waals surface area contributed by atoms with E-state index in [1.807, 2.05) is 61.5 Å². The Morgan fingerprint density at radius 3 is 1.97 bits per heavy atom. The fourth-order valence-electron chi connectivity index (χ4n) is 3.89. The minimum atomic E-state index is -4.27. The number of carbonyl (C=O) groups is 1. The molecule has 184 valence electrons. The normalized spacial score (nSPS) is 12.1. The monoisotopic (exact) mass is 506 g/mol. The first-order chi connectivity index (χ1) is 17.3. The third kappa shape index (κ3) is 5.60. The van der Waals surface area contributed by atoms with Crippen molar-refractivity contribution in [3.8, 4) is 0 Å². The van der Waals surface area contributed by atoms with Gasteiger partial charge in [-0.3, -0.25) is 9.10 Å². The molecule has 5 nitrogen and oxygen atoms in total. The zero-order valence-corrected chi connectivity index (χ0v) is 20.3. The quantitative estimate of drug-likeness (QED) is 0.349. The maximum absolute atomic E-state index is 13.6. The third-order valence-electron chi connectivity index (χ3n) is 5.74. The molecule has 1 amide bonds. The summed E-state index contributed by atoms with van der Waals surface area (Å²) in [6.45, 7) is 1.36. The van der Waals surface area contributed by atoms with E-state index < -0.39 is 40.2 Å². The van der Waals surface area contributed by atoms with Gasteiger partial charge in [0.25, 0.3) is 10.0 Å². The number of carbonyl (C=O) groups excluding carboxylic acids is 1. The Morgan fingerprint density at radius 2 is 1.36 bits per heavy atom. The highest BCUT2D eigenvalue weighted by atomic mass is 32.2. The van der Waals surface area contributed by atoms with Gasteiger partial charge >= 0.3 is 0 Å². The zero-order chi connectivity index (χ0) is 25.7. The lowest BCUT2D eigenvalue weighted by Gasteiger charge is -2.26. The van der Waals surface area contributed by atoms with Crippen molar-refractivity contribution in [3.63, 3.8) is 0 Å². The van der Waals surface area contributed by atoms with Crippen LogP contribution in [0.25, 0.3) is 0 Å². The lowest BCUT2D eigenvalue weighted by atomic mass is 9.95. The first-order valence-corrected chi connectivity index (χ1v) is 12.6. The van der Waals surface area contributed by atoms with E-state index in [1.165, 1.54) is 12.1 Å². The molecule has 0 radical (unpaired) electrons. The second kappa shape index (κ2) is 10.7. The number of hydrogen-bond donors (Lipinski definition) is 1. The summed E-state index contributed by atoms with van der Waals surface area (Å²) < 4.78 is 54.8. The highest BCUT2D eigenvalue weighted by Gasteiger charge is 2.29. The van der Waals surface area contributed by atoms with Crippen LogP contribution in [0.3, 0.4) is 0 Å². The summed E-state index contributed by atoms with van der Waals surface area (Å²) in [6, 6.07) is 25.5. The Hall–Kier alpha value is -4.04. The molecule has 0 aromatic heterocycles. The molecule has 1 unspecified atom stereocenters. The largest absolute Gasteiger partial charge is 0.344 e. The Balaban J connectivity index is 1.69. The predicted octanol–water partition coefficient (Wildman–Crippen LogP) is 5.37. The van der Waals surface area contributed by atoms with Gasteiger partial charge in [-0.2, -0.15) is 0 Å². The van der Waals surface area contributed by atoms with Crippen LogP contribution in [-0.4, -0.2) is 20.9 Å². The molecule has 4 aromatic rings. The van der Waals surface area contributed by atoms with E-state index in [2.05, 4.69) is 5.32 Å². The maximum Gasteiger partial charge on any atom is 0.264 e. The average Bonchev–Trinajstić information content (AvgIpc) is 2.88. The summed E-state index contributed by atoms with van der Waals surface area (Å²) in [6.07, 6.45) is 0. The van der Waals surface area contributed by atoms with Crippen LogP contribution < -0.4 is 9.62 Å². The first-order valence-electron chi connectivity index (χ1n) is 11.2. The molecule has 0 saturated carbocycles. The number of rotatable bonds is 8.